The summed E-state index contributed by atoms with van der Waals surface area (Å²) >= 11 is 2.94. The second-order valence-electron chi connectivity index (χ2n) is 11.0. The summed E-state index contributed by atoms with van der Waals surface area (Å²) in [6, 6.07) is 36.2. The summed E-state index contributed by atoms with van der Waals surface area (Å²) in [6.07, 6.45) is 12.9. The average molecular weight is 659 g/mol. The third-order valence-corrected chi connectivity index (χ3v) is 13.0. The maximum atomic E-state index is 4.33. The fraction of sp³-hybridized carbons (Fsp3) is 0.366. The summed E-state index contributed by atoms with van der Waals surface area (Å²) in [5.41, 5.74) is 4.00. The molecule has 2 heteroatoms. The van der Waals surface area contributed by atoms with Crippen molar-refractivity contribution in [3.63, 3.8) is 0 Å². The molecule has 0 aromatic heterocycles. The van der Waals surface area contributed by atoms with Crippen LogP contribution in [0.2, 0.25) is 0 Å². The van der Waals surface area contributed by atoms with Crippen molar-refractivity contribution < 1.29 is 0 Å². The largest absolute Gasteiger partial charge is 0.112 e. The number of alkyl halides is 1. The van der Waals surface area contributed by atoms with Gasteiger partial charge in [-0.15, -0.1) is 0 Å². The minimum atomic E-state index is -1.68. The molecular formula is C41H55BrP+. The predicted octanol–water partition coefficient (Wildman–Crippen LogP) is 9.82. The third kappa shape index (κ3) is 10.3. The first-order chi connectivity index (χ1) is 21.0. The third-order valence-electron chi connectivity index (χ3n) is 8.51. The number of hydrogen-bond acceptors (Lipinski definition) is 0. The fourth-order valence-electron chi connectivity index (χ4n) is 5.94. The van der Waals surface area contributed by atoms with E-state index in [2.05, 4.69) is 140 Å². The first-order valence-electron chi connectivity index (χ1n) is 16.2. The lowest BCUT2D eigenvalue weighted by Gasteiger charge is -2.27. The summed E-state index contributed by atoms with van der Waals surface area (Å²) in [7, 11) is -1.68. The fourth-order valence-corrected chi connectivity index (χ4v) is 10.4. The Morgan fingerprint density at radius 1 is 0.535 bits per heavy atom. The van der Waals surface area contributed by atoms with E-state index in [9.17, 15) is 0 Å². The molecule has 0 bridgehead atoms. The predicted molar refractivity (Wildman–Crippen MR) is 203 cm³/mol. The second kappa shape index (κ2) is 20.5. The van der Waals surface area contributed by atoms with E-state index in [1.807, 2.05) is 19.7 Å². The monoisotopic (exact) mass is 657 g/mol. The van der Waals surface area contributed by atoms with E-state index in [1.54, 1.807) is 0 Å². The molecular weight excluding hydrogens is 603 g/mol. The van der Waals surface area contributed by atoms with E-state index in [0.717, 1.165) is 11.6 Å². The van der Waals surface area contributed by atoms with Crippen molar-refractivity contribution in [1.29, 1.82) is 0 Å². The van der Waals surface area contributed by atoms with Gasteiger partial charge in [0, 0.05) is 0 Å². The van der Waals surface area contributed by atoms with Crippen LogP contribution >= 0.6 is 23.2 Å². The molecule has 0 aliphatic carbocycles. The Balaban J connectivity index is 0.00000155. The van der Waals surface area contributed by atoms with Crippen LogP contribution in [0.15, 0.2) is 97.1 Å². The average Bonchev–Trinajstić information content (AvgIpc) is 3.08. The number of unbranched alkanes of at least 4 members (excludes halogenated alkanes) is 7. The lowest BCUT2D eigenvalue weighted by molar-refractivity contribution is 0.576. The van der Waals surface area contributed by atoms with E-state index in [0.29, 0.717) is 0 Å². The summed E-state index contributed by atoms with van der Waals surface area (Å²) < 4.78 is 0. The minimum Gasteiger partial charge on any atom is -0.0966 e. The zero-order valence-corrected chi connectivity index (χ0v) is 30.0. The highest BCUT2D eigenvalue weighted by atomic mass is 79.9. The van der Waals surface area contributed by atoms with Gasteiger partial charge in [-0.05, 0) is 109 Å². The van der Waals surface area contributed by atoms with Crippen molar-refractivity contribution in [2.24, 2.45) is 0 Å². The maximum Gasteiger partial charge on any atom is 0.112 e. The molecule has 0 saturated carbocycles. The van der Waals surface area contributed by atoms with E-state index in [1.165, 1.54) is 95.4 Å². The van der Waals surface area contributed by atoms with Gasteiger partial charge in [0.25, 0.3) is 0 Å². The number of benzene rings is 4. The van der Waals surface area contributed by atoms with Gasteiger partial charge in [-0.3, -0.25) is 0 Å². The Kier molecular flexibility index (Phi) is 17.5. The molecule has 4 rings (SSSR count). The van der Waals surface area contributed by atoms with Gasteiger partial charge in [-0.25, -0.2) is 0 Å². The van der Waals surface area contributed by atoms with Crippen molar-refractivity contribution in [3.05, 3.63) is 124 Å². The smallest absolute Gasteiger partial charge is 0.0966 e. The van der Waals surface area contributed by atoms with Crippen molar-refractivity contribution in [2.45, 2.75) is 85.5 Å². The molecule has 4 aromatic carbocycles. The molecule has 4 aromatic rings. The van der Waals surface area contributed by atoms with Gasteiger partial charge in [0.15, 0.2) is 0 Å². The highest BCUT2D eigenvalue weighted by molar-refractivity contribution is 9.08. The molecule has 0 aliphatic rings. The molecule has 0 atom stereocenters. The first kappa shape index (κ1) is 36.7. The summed E-state index contributed by atoms with van der Waals surface area (Å²) in [5.74, 6) is 1.81. The number of halogens is 1. The normalized spacial score (nSPS) is 10.7. The summed E-state index contributed by atoms with van der Waals surface area (Å²) in [4.78, 5) is 0. The molecule has 0 fully saturated rings. The van der Waals surface area contributed by atoms with Crippen LogP contribution in [0.3, 0.4) is 0 Å². The lowest BCUT2D eigenvalue weighted by Crippen LogP contribution is -2.33. The van der Waals surface area contributed by atoms with Gasteiger partial charge >= 0.3 is 0 Å². The Hall–Kier alpha value is -2.47. The number of rotatable bonds is 14. The quantitative estimate of drug-likeness (QED) is 0.0719. The molecule has 0 heterocycles. The number of hydrogen-bond donors (Lipinski definition) is 0. The van der Waals surface area contributed by atoms with E-state index in [-0.39, 0.29) is 0 Å². The van der Waals surface area contributed by atoms with E-state index in [4.69, 9.17) is 0 Å². The topological polar surface area (TPSA) is 0 Å². The molecule has 0 radical (unpaired) electrons. The second-order valence-corrected chi connectivity index (χ2v) is 14.7. The SMILES string of the molecule is C=c1cc(CCCCCCCCCC[P+](c2ccccc2)(c2ccccc2)c2ccccc2)c(=C)c(C)c1C.CBr.CC. The Morgan fingerprint density at radius 3 is 1.33 bits per heavy atom. The maximum absolute atomic E-state index is 4.33. The minimum absolute atomic E-state index is 1.13. The molecule has 230 valence electrons. The molecule has 0 N–H and O–H groups in total. The highest BCUT2D eigenvalue weighted by Gasteiger charge is 2.44. The lowest BCUT2D eigenvalue weighted by atomic mass is 9.97. The molecule has 43 heavy (non-hydrogen) atoms. The number of aryl methyl sites for hydroxylation is 1. The molecule has 0 amide bonds. The van der Waals surface area contributed by atoms with Gasteiger partial charge in [0.05, 0.1) is 6.16 Å². The molecule has 0 aliphatic heterocycles. The van der Waals surface area contributed by atoms with E-state index >= 15 is 0 Å². The summed E-state index contributed by atoms with van der Waals surface area (Å²) in [6.45, 7) is 16.9. The zero-order chi connectivity index (χ0) is 31.5. The van der Waals surface area contributed by atoms with Gasteiger partial charge in [-0.1, -0.05) is 136 Å². The highest BCUT2D eigenvalue weighted by Crippen LogP contribution is 2.56. The van der Waals surface area contributed by atoms with Crippen LogP contribution in [0.5, 0.6) is 0 Å². The van der Waals surface area contributed by atoms with E-state index < -0.39 is 7.26 Å². The van der Waals surface area contributed by atoms with Crippen molar-refractivity contribution in [3.8, 4) is 0 Å². The van der Waals surface area contributed by atoms with Gasteiger partial charge in [0.2, 0.25) is 0 Å². The van der Waals surface area contributed by atoms with Crippen LogP contribution in [0.1, 0.15) is 81.9 Å². The van der Waals surface area contributed by atoms with Crippen LogP contribution in [0, 0.1) is 13.8 Å². The van der Waals surface area contributed by atoms with Crippen LogP contribution in [0.25, 0.3) is 13.2 Å². The van der Waals surface area contributed by atoms with Crippen LogP contribution in [-0.2, 0) is 6.42 Å². The summed E-state index contributed by atoms with van der Waals surface area (Å²) in [5, 5.41) is 6.89. The zero-order valence-electron chi connectivity index (χ0n) is 27.5. The first-order valence-corrected chi connectivity index (χ1v) is 19.8. The van der Waals surface area contributed by atoms with Crippen LogP contribution < -0.4 is 26.4 Å². The Bertz CT molecular complexity index is 1300. The van der Waals surface area contributed by atoms with Crippen LogP contribution in [-0.4, -0.2) is 12.0 Å². The Morgan fingerprint density at radius 2 is 0.907 bits per heavy atom. The molecule has 0 unspecified atom stereocenters. The van der Waals surface area contributed by atoms with Gasteiger partial charge < -0.3 is 0 Å². The van der Waals surface area contributed by atoms with Gasteiger partial charge in [0.1, 0.15) is 23.2 Å². The van der Waals surface area contributed by atoms with Gasteiger partial charge in [-0.2, -0.15) is 0 Å². The molecule has 0 saturated heterocycles. The Labute approximate surface area is 272 Å². The molecule has 0 nitrogen and oxygen atoms in total. The van der Waals surface area contributed by atoms with Crippen LogP contribution in [0.4, 0.5) is 0 Å². The molecule has 0 spiro atoms. The van der Waals surface area contributed by atoms with Crippen molar-refractivity contribution in [1.82, 2.24) is 0 Å². The van der Waals surface area contributed by atoms with Crippen molar-refractivity contribution >= 4 is 52.3 Å². The standard InChI is InChI=1S/C38H46P.C2H6.CH3Br/c1-31-30-35(34(4)33(3)32(31)2)22-14-9-7-5-6-8-10-21-29-39(36-23-15-11-16-24-36,37-25-17-12-18-26-37)38-27-19-13-20-28-38;2*1-2/h11-13,15-20,23-28,30H,1,4-10,14,21-22,29H2,2-3H3;1-2H3;1H3/q+1;;. The van der Waals surface area contributed by atoms with Crippen molar-refractivity contribution in [2.75, 3.05) is 12.0 Å².